The third-order valence-corrected chi connectivity index (χ3v) is 6.14. The Morgan fingerprint density at radius 1 is 1.21 bits per heavy atom. The highest BCUT2D eigenvalue weighted by molar-refractivity contribution is 5.65. The van der Waals surface area contributed by atoms with E-state index < -0.39 is 5.60 Å². The lowest BCUT2D eigenvalue weighted by molar-refractivity contribution is 0.0672. The molecule has 5 heteroatoms. The molecule has 1 aliphatic rings. The first-order valence-corrected chi connectivity index (χ1v) is 10.9. The topological polar surface area (TPSA) is 84.8 Å². The number of aliphatic hydroxyl groups is 3. The smallest absolute Gasteiger partial charge is 0.0690 e. The molecule has 0 spiro atoms. The van der Waals surface area contributed by atoms with Crippen molar-refractivity contribution >= 4 is 5.57 Å². The molecule has 5 N–H and O–H groups in total. The minimum Gasteiger partial charge on any atom is -0.392 e. The minimum absolute atomic E-state index is 0.0243. The molecule has 0 amide bonds. The maximum Gasteiger partial charge on any atom is 0.0690 e. The molecule has 0 radical (unpaired) electrons. The molecular weight excluding hydrogens is 364 g/mol. The summed E-state index contributed by atoms with van der Waals surface area (Å²) in [5, 5.41) is 36.1. The van der Waals surface area contributed by atoms with Crippen molar-refractivity contribution in [1.29, 1.82) is 0 Å². The maximum absolute atomic E-state index is 9.88. The highest BCUT2D eigenvalue weighted by atomic mass is 16.3. The van der Waals surface area contributed by atoms with Gasteiger partial charge in [0.2, 0.25) is 0 Å². The SMILES string of the molecule is C/C(=C\CNC1(C)NCCC1CCCCC(C)(C)O)c1cc(CO)cc(CO)c1. The van der Waals surface area contributed by atoms with Gasteiger partial charge in [-0.1, -0.05) is 25.0 Å². The number of nitrogens with one attached hydrogen (secondary N) is 2. The first-order chi connectivity index (χ1) is 13.7. The second kappa shape index (κ2) is 10.7. The second-order valence-corrected chi connectivity index (χ2v) is 9.30. The van der Waals surface area contributed by atoms with Gasteiger partial charge in [0, 0.05) is 6.54 Å². The van der Waals surface area contributed by atoms with Crippen LogP contribution in [0, 0.1) is 5.92 Å². The van der Waals surface area contributed by atoms with E-state index in [2.05, 4.69) is 30.6 Å². The summed E-state index contributed by atoms with van der Waals surface area (Å²) in [5.74, 6) is 0.580. The third-order valence-electron chi connectivity index (χ3n) is 6.14. The van der Waals surface area contributed by atoms with Crippen molar-refractivity contribution in [3.8, 4) is 0 Å². The molecule has 2 rings (SSSR count). The Morgan fingerprint density at radius 2 is 1.86 bits per heavy atom. The monoisotopic (exact) mass is 404 g/mol. The molecule has 0 saturated carbocycles. The van der Waals surface area contributed by atoms with Crippen LogP contribution in [0.3, 0.4) is 0 Å². The maximum atomic E-state index is 9.88. The van der Waals surface area contributed by atoms with Crippen LogP contribution in [0.1, 0.15) is 76.5 Å². The van der Waals surface area contributed by atoms with Crippen LogP contribution in [-0.4, -0.2) is 39.7 Å². The highest BCUT2D eigenvalue weighted by Crippen LogP contribution is 2.30. The van der Waals surface area contributed by atoms with Crippen molar-refractivity contribution in [1.82, 2.24) is 10.6 Å². The summed E-state index contributed by atoms with van der Waals surface area (Å²) in [6.45, 7) is 9.81. The molecule has 0 aromatic heterocycles. The van der Waals surface area contributed by atoms with Crippen molar-refractivity contribution in [2.45, 2.75) is 84.3 Å². The van der Waals surface area contributed by atoms with Gasteiger partial charge in [0.05, 0.1) is 24.5 Å². The van der Waals surface area contributed by atoms with E-state index in [1.54, 1.807) is 0 Å². The Kier molecular flexibility index (Phi) is 8.86. The van der Waals surface area contributed by atoms with Gasteiger partial charge in [0.15, 0.2) is 0 Å². The standard InChI is InChI=1S/C24H40N2O3/c1-18(21-14-19(16-27)13-20(15-21)17-28)8-11-25-24(4)22(9-12-26-24)7-5-6-10-23(2,3)29/h8,13-15,22,25-29H,5-7,9-12,16-17H2,1-4H3/b18-8+. The zero-order valence-corrected chi connectivity index (χ0v) is 18.6. The zero-order chi connectivity index (χ0) is 21.5. The predicted octanol–water partition coefficient (Wildman–Crippen LogP) is 3.32. The van der Waals surface area contributed by atoms with Crippen molar-refractivity contribution in [2.24, 2.45) is 5.92 Å². The van der Waals surface area contributed by atoms with Crippen LogP contribution in [0.2, 0.25) is 0 Å². The van der Waals surface area contributed by atoms with E-state index in [1.165, 1.54) is 6.42 Å². The van der Waals surface area contributed by atoms with Gasteiger partial charge in [-0.3, -0.25) is 10.6 Å². The van der Waals surface area contributed by atoms with Gasteiger partial charge in [-0.2, -0.15) is 0 Å². The van der Waals surface area contributed by atoms with E-state index in [1.807, 2.05) is 32.0 Å². The van der Waals surface area contributed by atoms with Crippen LogP contribution in [0.15, 0.2) is 24.3 Å². The molecule has 0 aliphatic carbocycles. The molecule has 1 saturated heterocycles. The molecule has 1 heterocycles. The molecule has 2 unspecified atom stereocenters. The van der Waals surface area contributed by atoms with E-state index in [9.17, 15) is 15.3 Å². The number of rotatable bonds is 11. The number of unbranched alkanes of at least 4 members (excludes halogenated alkanes) is 1. The number of allylic oxidation sites excluding steroid dienone is 1. The number of hydrogen-bond acceptors (Lipinski definition) is 5. The first kappa shape index (κ1) is 24.0. The lowest BCUT2D eigenvalue weighted by atomic mass is 9.88. The fourth-order valence-electron chi connectivity index (χ4n) is 4.23. The van der Waals surface area contributed by atoms with Crippen LogP contribution in [0.4, 0.5) is 0 Å². The fraction of sp³-hybridized carbons (Fsp3) is 0.667. The molecule has 1 aliphatic heterocycles. The largest absolute Gasteiger partial charge is 0.392 e. The molecular formula is C24H40N2O3. The molecule has 1 aromatic carbocycles. The van der Waals surface area contributed by atoms with Crippen LogP contribution in [0.5, 0.6) is 0 Å². The van der Waals surface area contributed by atoms with Crippen LogP contribution < -0.4 is 10.6 Å². The average Bonchev–Trinajstić information content (AvgIpc) is 3.04. The molecule has 164 valence electrons. The molecule has 1 aromatic rings. The van der Waals surface area contributed by atoms with Crippen LogP contribution >= 0.6 is 0 Å². The summed E-state index contributed by atoms with van der Waals surface area (Å²) < 4.78 is 0. The zero-order valence-electron chi connectivity index (χ0n) is 18.6. The normalized spacial score (nSPS) is 23.0. The van der Waals surface area contributed by atoms with Crippen LogP contribution in [0.25, 0.3) is 5.57 Å². The van der Waals surface area contributed by atoms with Gasteiger partial charge >= 0.3 is 0 Å². The van der Waals surface area contributed by atoms with Gasteiger partial charge in [-0.15, -0.1) is 0 Å². The van der Waals surface area contributed by atoms with Crippen LogP contribution in [-0.2, 0) is 13.2 Å². The lowest BCUT2D eigenvalue weighted by Gasteiger charge is -2.33. The number of hydrogen-bond donors (Lipinski definition) is 5. The van der Waals surface area contributed by atoms with E-state index in [0.717, 1.165) is 61.0 Å². The summed E-state index contributed by atoms with van der Waals surface area (Å²) in [7, 11) is 0. The Hall–Kier alpha value is -1.24. The first-order valence-electron chi connectivity index (χ1n) is 10.9. The second-order valence-electron chi connectivity index (χ2n) is 9.30. The molecule has 29 heavy (non-hydrogen) atoms. The third kappa shape index (κ3) is 7.50. The quantitative estimate of drug-likeness (QED) is 0.365. The number of aliphatic hydroxyl groups excluding tert-OH is 2. The summed E-state index contributed by atoms with van der Waals surface area (Å²) in [4.78, 5) is 0. The van der Waals surface area contributed by atoms with Crippen molar-refractivity contribution < 1.29 is 15.3 Å². The fourth-order valence-corrected chi connectivity index (χ4v) is 4.23. The van der Waals surface area contributed by atoms with E-state index in [-0.39, 0.29) is 18.9 Å². The van der Waals surface area contributed by atoms with E-state index in [4.69, 9.17) is 0 Å². The molecule has 5 nitrogen and oxygen atoms in total. The number of benzene rings is 1. The average molecular weight is 405 g/mol. The van der Waals surface area contributed by atoms with Gasteiger partial charge in [0.1, 0.15) is 0 Å². The molecule has 1 fully saturated rings. The van der Waals surface area contributed by atoms with Crippen molar-refractivity contribution in [3.63, 3.8) is 0 Å². The van der Waals surface area contributed by atoms with Gasteiger partial charge in [-0.25, -0.2) is 0 Å². The Balaban J connectivity index is 1.91. The summed E-state index contributed by atoms with van der Waals surface area (Å²) in [6.07, 6.45) is 7.56. The van der Waals surface area contributed by atoms with Crippen molar-refractivity contribution in [2.75, 3.05) is 13.1 Å². The lowest BCUT2D eigenvalue weighted by Crippen LogP contribution is -2.54. The van der Waals surface area contributed by atoms with Gasteiger partial charge < -0.3 is 15.3 Å². The molecule has 0 bridgehead atoms. The summed E-state index contributed by atoms with van der Waals surface area (Å²) in [5.41, 5.74) is 3.17. The summed E-state index contributed by atoms with van der Waals surface area (Å²) in [6, 6.07) is 5.79. The van der Waals surface area contributed by atoms with Gasteiger partial charge in [-0.05, 0) is 93.8 Å². The highest BCUT2D eigenvalue weighted by Gasteiger charge is 2.37. The van der Waals surface area contributed by atoms with Crippen molar-refractivity contribution in [3.05, 3.63) is 41.0 Å². The Bertz CT molecular complexity index is 659. The molecule has 2 atom stereocenters. The van der Waals surface area contributed by atoms with E-state index in [0.29, 0.717) is 5.92 Å². The predicted molar refractivity (Wildman–Crippen MR) is 119 cm³/mol. The Labute approximate surface area is 176 Å². The van der Waals surface area contributed by atoms with Gasteiger partial charge in [0.25, 0.3) is 0 Å². The Morgan fingerprint density at radius 3 is 2.45 bits per heavy atom. The minimum atomic E-state index is -0.568. The summed E-state index contributed by atoms with van der Waals surface area (Å²) >= 11 is 0. The van der Waals surface area contributed by atoms with E-state index >= 15 is 0 Å².